The summed E-state index contributed by atoms with van der Waals surface area (Å²) in [5.74, 6) is -4.01. The van der Waals surface area contributed by atoms with Crippen molar-refractivity contribution in [1.29, 1.82) is 0 Å². The Labute approximate surface area is 95.2 Å². The first-order valence-corrected chi connectivity index (χ1v) is 4.22. The number of hydrogen-bond acceptors (Lipinski definition) is 1. The number of amides is 1. The monoisotopic (exact) mass is 275 g/mol. The van der Waals surface area contributed by atoms with Crippen molar-refractivity contribution in [2.75, 3.05) is 0 Å². The molecule has 0 radical (unpaired) electrons. The Balaban J connectivity index is 3.64. The molecule has 0 bridgehead atoms. The molecule has 0 aliphatic carbocycles. The number of carbonyl (C=O) groups is 1. The molecule has 2 N–H and O–H groups in total. The second kappa shape index (κ2) is 4.14. The summed E-state index contributed by atoms with van der Waals surface area (Å²) < 4.78 is 86.9. The lowest BCUT2D eigenvalue weighted by molar-refractivity contribution is -0.147. The fraction of sp³-hybridized carbons (Fsp3) is 0.222. The minimum atomic E-state index is -5.37. The van der Waals surface area contributed by atoms with Gasteiger partial charge in [0.15, 0.2) is 0 Å². The zero-order chi connectivity index (χ0) is 14.3. The average Bonchev–Trinajstić information content (AvgIpc) is 2.13. The molecule has 0 unspecified atom stereocenters. The van der Waals surface area contributed by atoms with E-state index in [1.54, 1.807) is 0 Å². The minimum absolute atomic E-state index is 0.0626. The van der Waals surface area contributed by atoms with Crippen molar-refractivity contribution >= 4 is 5.91 Å². The van der Waals surface area contributed by atoms with Crippen LogP contribution in [0.1, 0.15) is 21.5 Å². The van der Waals surface area contributed by atoms with Crippen LogP contribution >= 0.6 is 0 Å². The molecule has 0 spiro atoms. The van der Waals surface area contributed by atoms with Gasteiger partial charge in [0.05, 0.1) is 11.1 Å². The summed E-state index contributed by atoms with van der Waals surface area (Å²) in [6.07, 6.45) is -10.7. The van der Waals surface area contributed by atoms with Crippen LogP contribution in [-0.4, -0.2) is 5.91 Å². The molecule has 1 amide bonds. The number of primary amides is 1. The van der Waals surface area contributed by atoms with Gasteiger partial charge >= 0.3 is 12.4 Å². The molecule has 0 fully saturated rings. The molecule has 0 saturated carbocycles. The van der Waals surface area contributed by atoms with Crippen LogP contribution < -0.4 is 5.73 Å². The lowest BCUT2D eigenvalue weighted by Crippen LogP contribution is -2.20. The highest BCUT2D eigenvalue weighted by molar-refractivity contribution is 5.93. The number of halogens is 7. The maximum absolute atomic E-state index is 13.1. The van der Waals surface area contributed by atoms with Gasteiger partial charge in [0.1, 0.15) is 5.82 Å². The molecule has 0 atom stereocenters. The number of nitrogens with two attached hydrogens (primary N) is 1. The Bertz CT molecular complexity index is 454. The van der Waals surface area contributed by atoms with E-state index in [9.17, 15) is 35.5 Å². The topological polar surface area (TPSA) is 43.1 Å². The van der Waals surface area contributed by atoms with Gasteiger partial charge in [-0.3, -0.25) is 4.79 Å². The van der Waals surface area contributed by atoms with Crippen LogP contribution in [0, 0.1) is 5.82 Å². The van der Waals surface area contributed by atoms with E-state index in [1.807, 2.05) is 0 Å². The molecular formula is C9H4F7NO. The second-order valence-electron chi connectivity index (χ2n) is 3.25. The Morgan fingerprint density at radius 2 is 1.28 bits per heavy atom. The third kappa shape index (κ3) is 2.71. The molecule has 0 aliphatic rings. The third-order valence-electron chi connectivity index (χ3n) is 1.97. The second-order valence-corrected chi connectivity index (χ2v) is 3.25. The Morgan fingerprint density at radius 1 is 0.944 bits per heavy atom. The normalized spacial score (nSPS) is 12.6. The van der Waals surface area contributed by atoms with Crippen molar-refractivity contribution in [3.05, 3.63) is 34.6 Å². The van der Waals surface area contributed by atoms with Crippen LogP contribution in [0.4, 0.5) is 30.7 Å². The fourth-order valence-corrected chi connectivity index (χ4v) is 1.18. The van der Waals surface area contributed by atoms with Gasteiger partial charge in [-0.1, -0.05) is 0 Å². The van der Waals surface area contributed by atoms with E-state index in [0.29, 0.717) is 0 Å². The molecule has 2 nitrogen and oxygen atoms in total. The highest BCUT2D eigenvalue weighted by atomic mass is 19.4. The minimum Gasteiger partial charge on any atom is -0.366 e. The summed E-state index contributed by atoms with van der Waals surface area (Å²) >= 11 is 0. The van der Waals surface area contributed by atoms with Gasteiger partial charge in [-0.05, 0) is 12.1 Å². The predicted molar refractivity (Wildman–Crippen MR) is 44.9 cm³/mol. The van der Waals surface area contributed by atoms with Crippen LogP contribution in [0.2, 0.25) is 0 Å². The molecule has 1 aromatic rings. The van der Waals surface area contributed by atoms with Gasteiger partial charge in [-0.25, -0.2) is 4.39 Å². The third-order valence-corrected chi connectivity index (χ3v) is 1.97. The summed E-state index contributed by atoms with van der Waals surface area (Å²) in [4.78, 5) is 10.6. The molecule has 0 saturated heterocycles. The molecule has 0 aliphatic heterocycles. The van der Waals surface area contributed by atoms with Crippen LogP contribution in [0.15, 0.2) is 12.1 Å². The number of carbonyl (C=O) groups excluding carboxylic acids is 1. The largest absolute Gasteiger partial charge is 0.419 e. The quantitative estimate of drug-likeness (QED) is 0.787. The highest BCUT2D eigenvalue weighted by Crippen LogP contribution is 2.39. The summed E-state index contributed by atoms with van der Waals surface area (Å²) in [7, 11) is 0. The van der Waals surface area contributed by atoms with Crippen LogP contribution in [0.25, 0.3) is 0 Å². The first-order chi connectivity index (χ1) is 7.94. The molecule has 1 rings (SSSR count). The number of alkyl halides is 6. The van der Waals surface area contributed by atoms with Gasteiger partial charge in [0.25, 0.3) is 0 Å². The van der Waals surface area contributed by atoms with Crippen molar-refractivity contribution in [3.8, 4) is 0 Å². The van der Waals surface area contributed by atoms with Gasteiger partial charge in [0, 0.05) is 5.56 Å². The summed E-state index contributed by atoms with van der Waals surface area (Å²) in [5.41, 5.74) is -0.859. The maximum atomic E-state index is 13.1. The van der Waals surface area contributed by atoms with Crippen molar-refractivity contribution in [2.45, 2.75) is 12.4 Å². The van der Waals surface area contributed by atoms with E-state index in [4.69, 9.17) is 0 Å². The van der Waals surface area contributed by atoms with E-state index in [1.165, 1.54) is 0 Å². The zero-order valence-corrected chi connectivity index (χ0v) is 8.29. The number of benzene rings is 1. The Kier molecular flexibility index (Phi) is 3.28. The van der Waals surface area contributed by atoms with E-state index >= 15 is 0 Å². The highest BCUT2D eigenvalue weighted by Gasteiger charge is 2.42. The molecule has 1 aromatic carbocycles. The van der Waals surface area contributed by atoms with E-state index in [2.05, 4.69) is 5.73 Å². The van der Waals surface area contributed by atoms with Crippen molar-refractivity contribution < 1.29 is 35.5 Å². The summed E-state index contributed by atoms with van der Waals surface area (Å²) in [6, 6.07) is -0.125. The standard InChI is InChI=1S/C9H4F7NO/c10-6-4(8(11,12)13)1-3(7(17)18)2-5(6)9(14,15)16/h1-2H,(H2,17,18). The molecule has 18 heavy (non-hydrogen) atoms. The van der Waals surface area contributed by atoms with Crippen molar-refractivity contribution in [2.24, 2.45) is 5.73 Å². The Morgan fingerprint density at radius 3 is 1.50 bits per heavy atom. The maximum Gasteiger partial charge on any atom is 0.419 e. The molecule has 0 heterocycles. The van der Waals surface area contributed by atoms with E-state index < -0.39 is 40.8 Å². The van der Waals surface area contributed by atoms with E-state index in [-0.39, 0.29) is 12.1 Å². The van der Waals surface area contributed by atoms with Crippen molar-refractivity contribution in [1.82, 2.24) is 0 Å². The van der Waals surface area contributed by atoms with Crippen LogP contribution in [-0.2, 0) is 12.4 Å². The van der Waals surface area contributed by atoms with Gasteiger partial charge in [-0.15, -0.1) is 0 Å². The Hall–Kier alpha value is -1.80. The van der Waals surface area contributed by atoms with Gasteiger partial charge in [-0.2, -0.15) is 26.3 Å². The van der Waals surface area contributed by atoms with Gasteiger partial charge < -0.3 is 5.73 Å². The number of hydrogen-bond donors (Lipinski definition) is 1. The molecule has 9 heteroatoms. The lowest BCUT2D eigenvalue weighted by atomic mass is 10.0. The number of rotatable bonds is 1. The average molecular weight is 275 g/mol. The molecule has 0 aromatic heterocycles. The summed E-state index contributed by atoms with van der Waals surface area (Å²) in [6.45, 7) is 0. The molecule has 100 valence electrons. The van der Waals surface area contributed by atoms with Crippen LogP contribution in [0.3, 0.4) is 0 Å². The smallest absolute Gasteiger partial charge is 0.366 e. The molecular weight excluding hydrogens is 271 g/mol. The van der Waals surface area contributed by atoms with Crippen molar-refractivity contribution in [3.63, 3.8) is 0 Å². The zero-order valence-electron chi connectivity index (χ0n) is 8.29. The van der Waals surface area contributed by atoms with Crippen LogP contribution in [0.5, 0.6) is 0 Å². The summed E-state index contributed by atoms with van der Waals surface area (Å²) in [5, 5.41) is 0. The lowest BCUT2D eigenvalue weighted by Gasteiger charge is -2.14. The first kappa shape index (κ1) is 14.3. The fourth-order valence-electron chi connectivity index (χ4n) is 1.18. The van der Waals surface area contributed by atoms with Gasteiger partial charge in [0.2, 0.25) is 5.91 Å². The van der Waals surface area contributed by atoms with E-state index in [0.717, 1.165) is 0 Å². The first-order valence-electron chi connectivity index (χ1n) is 4.22. The predicted octanol–water partition coefficient (Wildman–Crippen LogP) is 2.96. The SMILES string of the molecule is NC(=O)c1cc(C(F)(F)F)c(F)c(C(F)(F)F)c1.